The van der Waals surface area contributed by atoms with E-state index >= 15 is 0 Å². The maximum absolute atomic E-state index is 12.7. The van der Waals surface area contributed by atoms with Gasteiger partial charge in [-0.2, -0.15) is 0 Å². The third-order valence-electron chi connectivity index (χ3n) is 6.03. The van der Waals surface area contributed by atoms with E-state index in [1.54, 1.807) is 10.6 Å². The average Bonchev–Trinajstić information content (AvgIpc) is 3.19. The average molecular weight is 424 g/mol. The van der Waals surface area contributed by atoms with Gasteiger partial charge in [0.1, 0.15) is 0 Å². The van der Waals surface area contributed by atoms with Crippen molar-refractivity contribution in [2.24, 2.45) is 5.92 Å². The molecule has 1 aromatic rings. The number of hydrogen-bond acceptors (Lipinski definition) is 6. The minimum atomic E-state index is -0.613. The van der Waals surface area contributed by atoms with E-state index in [4.69, 9.17) is 0 Å². The molecule has 1 amide bonds. The fourth-order valence-electron chi connectivity index (χ4n) is 4.65. The fourth-order valence-corrected chi connectivity index (χ4v) is 7.68. The normalized spacial score (nSPS) is 26.1. The molecule has 0 spiro atoms. The van der Waals surface area contributed by atoms with Gasteiger partial charge in [-0.25, -0.2) is 0 Å². The third-order valence-corrected chi connectivity index (χ3v) is 9.03. The van der Waals surface area contributed by atoms with Gasteiger partial charge in [-0.3, -0.25) is 19.7 Å². The van der Waals surface area contributed by atoms with Crippen LogP contribution in [0.25, 0.3) is 0 Å². The molecule has 4 rings (SSSR count). The number of unbranched alkanes of at least 4 members (excludes halogenated alkanes) is 1. The summed E-state index contributed by atoms with van der Waals surface area (Å²) in [6.07, 6.45) is 6.07. The van der Waals surface area contributed by atoms with Crippen LogP contribution >= 0.6 is 21.6 Å². The van der Waals surface area contributed by atoms with Crippen molar-refractivity contribution in [3.63, 3.8) is 0 Å². The highest BCUT2D eigenvalue weighted by Crippen LogP contribution is 2.40. The van der Waals surface area contributed by atoms with Crippen molar-refractivity contribution in [1.82, 2.24) is 9.47 Å². The number of hydrogen-bond donors (Lipinski definition) is 0. The second kappa shape index (κ2) is 8.49. The summed E-state index contributed by atoms with van der Waals surface area (Å²) < 4.78 is 1.57. The summed E-state index contributed by atoms with van der Waals surface area (Å²) in [5, 5.41) is 11.8. The molecule has 0 unspecified atom stereocenters. The number of pyridine rings is 1. The predicted octanol–water partition coefficient (Wildman–Crippen LogP) is 3.42. The van der Waals surface area contributed by atoms with Crippen molar-refractivity contribution >= 4 is 33.2 Å². The van der Waals surface area contributed by atoms with Crippen LogP contribution in [0.15, 0.2) is 16.9 Å². The van der Waals surface area contributed by atoms with Crippen LogP contribution in [0.2, 0.25) is 0 Å². The molecule has 2 saturated heterocycles. The first kappa shape index (κ1) is 19.8. The van der Waals surface area contributed by atoms with Gasteiger partial charge in [-0.1, -0.05) is 28.0 Å². The van der Waals surface area contributed by atoms with E-state index in [0.717, 1.165) is 30.2 Å². The quantitative estimate of drug-likeness (QED) is 0.302. The Labute approximate surface area is 171 Å². The number of amides is 1. The number of aromatic nitrogens is 1. The van der Waals surface area contributed by atoms with Crippen LogP contribution in [-0.2, 0) is 11.3 Å². The van der Waals surface area contributed by atoms with Crippen molar-refractivity contribution < 1.29 is 9.72 Å². The number of nitro groups is 1. The minimum Gasteiger partial charge on any atom is -0.342 e. The third kappa shape index (κ3) is 4.10. The number of rotatable bonds is 6. The van der Waals surface area contributed by atoms with Gasteiger partial charge in [0.2, 0.25) is 5.91 Å². The van der Waals surface area contributed by atoms with E-state index in [-0.39, 0.29) is 23.4 Å². The highest BCUT2D eigenvalue weighted by Gasteiger charge is 2.37. The number of nitrogens with zero attached hydrogens (tertiary/aromatic N) is 3. The van der Waals surface area contributed by atoms with Crippen LogP contribution in [0.4, 0.5) is 5.69 Å². The van der Waals surface area contributed by atoms with Gasteiger partial charge >= 0.3 is 11.2 Å². The lowest BCUT2D eigenvalue weighted by Gasteiger charge is -2.42. The summed E-state index contributed by atoms with van der Waals surface area (Å²) in [4.78, 5) is 37.5. The Morgan fingerprint density at radius 3 is 2.86 bits per heavy atom. The molecule has 3 aliphatic heterocycles. The van der Waals surface area contributed by atoms with Gasteiger partial charge < -0.3 is 9.47 Å². The summed E-state index contributed by atoms with van der Waals surface area (Å²) in [6, 6.07) is 3.01. The topological polar surface area (TPSA) is 85.5 Å². The fraction of sp³-hybridized carbons (Fsp3) is 0.684. The van der Waals surface area contributed by atoms with Crippen LogP contribution < -0.4 is 5.56 Å². The molecule has 1 aromatic heterocycles. The van der Waals surface area contributed by atoms with Gasteiger partial charge in [0.15, 0.2) is 0 Å². The Balaban J connectivity index is 1.36. The van der Waals surface area contributed by atoms with Crippen LogP contribution in [0.3, 0.4) is 0 Å². The molecule has 2 fully saturated rings. The van der Waals surface area contributed by atoms with E-state index < -0.39 is 10.5 Å². The second-order valence-electron chi connectivity index (χ2n) is 7.99. The SMILES string of the molecule is O=C(CCCC[C@@H]1CCSS1)N1C[C@@H]2C[C@@H](C1)c1ccc([N+](=O)[O-])c(=O)n1C2. The molecular weight excluding hydrogens is 398 g/mol. The van der Waals surface area contributed by atoms with E-state index in [1.807, 2.05) is 26.5 Å². The Morgan fingerprint density at radius 1 is 1.25 bits per heavy atom. The monoisotopic (exact) mass is 423 g/mol. The zero-order valence-electron chi connectivity index (χ0n) is 15.7. The molecule has 0 N–H and O–H groups in total. The van der Waals surface area contributed by atoms with Gasteiger partial charge in [0.05, 0.1) is 4.92 Å². The van der Waals surface area contributed by atoms with Gasteiger partial charge in [-0.05, 0) is 37.7 Å². The first-order chi connectivity index (χ1) is 13.5. The lowest BCUT2D eigenvalue weighted by Crippen LogP contribution is -2.49. The number of carbonyl (C=O) groups is 1. The molecule has 28 heavy (non-hydrogen) atoms. The lowest BCUT2D eigenvalue weighted by atomic mass is 9.83. The second-order valence-corrected chi connectivity index (χ2v) is 10.8. The molecule has 0 aliphatic carbocycles. The molecule has 0 saturated carbocycles. The number of piperidine rings is 1. The highest BCUT2D eigenvalue weighted by molar-refractivity contribution is 8.77. The number of fused-ring (bicyclic) bond motifs is 4. The Bertz CT molecular complexity index is 822. The maximum Gasteiger partial charge on any atom is 0.334 e. The van der Waals surface area contributed by atoms with Crippen molar-refractivity contribution in [3.05, 3.63) is 38.3 Å². The maximum atomic E-state index is 12.7. The Morgan fingerprint density at radius 2 is 2.11 bits per heavy atom. The number of carbonyl (C=O) groups excluding carboxylic acids is 1. The first-order valence-electron chi connectivity index (χ1n) is 9.97. The van der Waals surface area contributed by atoms with Crippen molar-refractivity contribution in [2.75, 3.05) is 18.8 Å². The Kier molecular flexibility index (Phi) is 6.01. The summed E-state index contributed by atoms with van der Waals surface area (Å²) in [5.74, 6) is 1.75. The minimum absolute atomic E-state index is 0.0943. The predicted molar refractivity (Wildman–Crippen MR) is 112 cm³/mol. The Hall–Kier alpha value is -1.48. The van der Waals surface area contributed by atoms with E-state index in [2.05, 4.69) is 0 Å². The molecule has 9 heteroatoms. The first-order valence-corrected chi connectivity index (χ1v) is 12.4. The lowest BCUT2D eigenvalue weighted by molar-refractivity contribution is -0.386. The smallest absolute Gasteiger partial charge is 0.334 e. The van der Waals surface area contributed by atoms with Crippen LogP contribution in [0.5, 0.6) is 0 Å². The van der Waals surface area contributed by atoms with Crippen molar-refractivity contribution in [1.29, 1.82) is 0 Å². The van der Waals surface area contributed by atoms with Crippen LogP contribution in [0, 0.1) is 16.0 Å². The zero-order valence-corrected chi connectivity index (χ0v) is 17.4. The zero-order chi connectivity index (χ0) is 19.7. The summed E-state index contributed by atoms with van der Waals surface area (Å²) >= 11 is 0. The van der Waals surface area contributed by atoms with Crippen molar-refractivity contribution in [2.45, 2.75) is 56.2 Å². The van der Waals surface area contributed by atoms with Gasteiger partial charge in [0, 0.05) is 54.7 Å². The summed E-state index contributed by atoms with van der Waals surface area (Å²) in [6.45, 7) is 1.73. The molecule has 152 valence electrons. The molecule has 0 aromatic carbocycles. The van der Waals surface area contributed by atoms with Crippen molar-refractivity contribution in [3.8, 4) is 0 Å². The van der Waals surface area contributed by atoms with E-state index in [9.17, 15) is 19.7 Å². The van der Waals surface area contributed by atoms with Crippen LogP contribution in [0.1, 0.15) is 50.1 Å². The highest BCUT2D eigenvalue weighted by atomic mass is 33.1. The van der Waals surface area contributed by atoms with Gasteiger partial charge in [-0.15, -0.1) is 0 Å². The largest absolute Gasteiger partial charge is 0.342 e. The molecule has 0 radical (unpaired) electrons. The summed E-state index contributed by atoms with van der Waals surface area (Å²) in [5.41, 5.74) is -0.0458. The molecular formula is C19H25N3O4S2. The van der Waals surface area contributed by atoms with E-state index in [0.29, 0.717) is 26.1 Å². The standard InChI is InChI=1S/C19H25N3O4S2/c23-18(4-2-1-3-15-7-8-27-28-15)20-10-13-9-14(12-20)16-5-6-17(22(25)26)19(24)21(16)11-13/h5-6,13-15H,1-4,7-12H2/t13-,14-,15+/m0/s1. The molecule has 3 aliphatic rings. The molecule has 4 heterocycles. The molecule has 7 nitrogen and oxygen atoms in total. The molecule has 2 bridgehead atoms. The van der Waals surface area contributed by atoms with Crippen LogP contribution in [-0.4, -0.2) is 44.4 Å². The molecule has 3 atom stereocenters. The van der Waals surface area contributed by atoms with Gasteiger partial charge in [0.25, 0.3) is 0 Å². The van der Waals surface area contributed by atoms with E-state index in [1.165, 1.54) is 24.7 Å². The summed E-state index contributed by atoms with van der Waals surface area (Å²) in [7, 11) is 3.95. The number of likely N-dealkylation sites (tertiary alicyclic amines) is 1.